The lowest BCUT2D eigenvalue weighted by Gasteiger charge is -2.37. The highest BCUT2D eigenvalue weighted by molar-refractivity contribution is 5.91. The maximum Gasteiger partial charge on any atom is 0.273 e. The molecule has 4 rings (SSSR count). The fourth-order valence-electron chi connectivity index (χ4n) is 4.14. The number of oxazole rings is 1. The minimum atomic E-state index is -0.261. The number of carbonyl (C=O) groups excluding carboxylic acids is 2. The van der Waals surface area contributed by atoms with E-state index in [0.29, 0.717) is 30.6 Å². The summed E-state index contributed by atoms with van der Waals surface area (Å²) in [5.74, 6) is 1.12. The van der Waals surface area contributed by atoms with Gasteiger partial charge in [-0.15, -0.1) is 0 Å². The molecule has 0 radical (unpaired) electrons. The van der Waals surface area contributed by atoms with E-state index in [2.05, 4.69) is 47.6 Å². The van der Waals surface area contributed by atoms with Gasteiger partial charge in [0, 0.05) is 20.0 Å². The van der Waals surface area contributed by atoms with Gasteiger partial charge in [-0.1, -0.05) is 49.7 Å². The van der Waals surface area contributed by atoms with Gasteiger partial charge in [-0.05, 0) is 48.1 Å². The minimum absolute atomic E-state index is 0.0469. The van der Waals surface area contributed by atoms with Crippen molar-refractivity contribution in [1.82, 2.24) is 15.2 Å². The predicted octanol–water partition coefficient (Wildman–Crippen LogP) is 4.44. The third-order valence-electron chi connectivity index (χ3n) is 5.96. The Hall–Kier alpha value is -3.61. The number of rotatable bonds is 7. The lowest BCUT2D eigenvalue weighted by molar-refractivity contribution is -0.130. The van der Waals surface area contributed by atoms with E-state index in [1.54, 1.807) is 6.92 Å². The SMILES string of the molecule is CC(=O)N1CCc2ccc(OCc3nc(C(=O)NCC(C)C)co3)cc2C1c1ccc(C)cc1. The molecule has 0 aliphatic carbocycles. The molecule has 1 atom stereocenters. The Morgan fingerprint density at radius 1 is 1.21 bits per heavy atom. The van der Waals surface area contributed by atoms with Crippen molar-refractivity contribution in [1.29, 1.82) is 0 Å². The Bertz CT molecular complexity index is 1170. The van der Waals surface area contributed by atoms with E-state index in [0.717, 1.165) is 17.5 Å². The normalized spacial score (nSPS) is 15.2. The number of nitrogens with zero attached hydrogens (tertiary/aromatic N) is 2. The third-order valence-corrected chi connectivity index (χ3v) is 5.96. The fraction of sp³-hybridized carbons (Fsp3) is 0.370. The summed E-state index contributed by atoms with van der Waals surface area (Å²) >= 11 is 0. The summed E-state index contributed by atoms with van der Waals surface area (Å²) in [5, 5.41) is 2.82. The van der Waals surface area contributed by atoms with Gasteiger partial charge in [0.1, 0.15) is 12.0 Å². The van der Waals surface area contributed by atoms with Crippen molar-refractivity contribution < 1.29 is 18.7 Å². The highest BCUT2D eigenvalue weighted by Crippen LogP contribution is 2.37. The van der Waals surface area contributed by atoms with Crippen LogP contribution >= 0.6 is 0 Å². The number of ether oxygens (including phenoxy) is 1. The lowest BCUT2D eigenvalue weighted by Crippen LogP contribution is -2.39. The zero-order valence-electron chi connectivity index (χ0n) is 20.1. The second-order valence-electron chi connectivity index (χ2n) is 9.16. The van der Waals surface area contributed by atoms with Crippen LogP contribution in [0.15, 0.2) is 53.1 Å². The molecule has 2 amide bonds. The maximum absolute atomic E-state index is 12.4. The first-order chi connectivity index (χ1) is 16.3. The van der Waals surface area contributed by atoms with Gasteiger partial charge >= 0.3 is 0 Å². The largest absolute Gasteiger partial charge is 0.484 e. The molecule has 0 spiro atoms. The second kappa shape index (κ2) is 10.1. The molecule has 2 aromatic carbocycles. The summed E-state index contributed by atoms with van der Waals surface area (Å²) in [4.78, 5) is 30.8. The fourth-order valence-corrected chi connectivity index (χ4v) is 4.14. The van der Waals surface area contributed by atoms with Crippen LogP contribution in [0.2, 0.25) is 0 Å². The summed E-state index contributed by atoms with van der Waals surface area (Å²) in [6, 6.07) is 14.1. The van der Waals surface area contributed by atoms with E-state index in [1.807, 2.05) is 30.9 Å². The van der Waals surface area contributed by atoms with Gasteiger partial charge in [0.05, 0.1) is 6.04 Å². The zero-order chi connectivity index (χ0) is 24.2. The van der Waals surface area contributed by atoms with Crippen molar-refractivity contribution >= 4 is 11.8 Å². The Morgan fingerprint density at radius 2 is 1.97 bits per heavy atom. The van der Waals surface area contributed by atoms with Gasteiger partial charge in [0.25, 0.3) is 5.91 Å². The number of aryl methyl sites for hydroxylation is 1. The van der Waals surface area contributed by atoms with Crippen molar-refractivity contribution in [2.45, 2.75) is 46.8 Å². The van der Waals surface area contributed by atoms with E-state index in [-0.39, 0.29) is 30.2 Å². The predicted molar refractivity (Wildman–Crippen MR) is 129 cm³/mol. The summed E-state index contributed by atoms with van der Waals surface area (Å²) < 4.78 is 11.4. The highest BCUT2D eigenvalue weighted by atomic mass is 16.5. The monoisotopic (exact) mass is 461 g/mol. The molecule has 0 fully saturated rings. The average molecular weight is 462 g/mol. The molecule has 1 N–H and O–H groups in total. The molecule has 1 aliphatic heterocycles. The first kappa shape index (κ1) is 23.5. The number of amides is 2. The Balaban J connectivity index is 1.52. The van der Waals surface area contributed by atoms with Gasteiger partial charge < -0.3 is 19.4 Å². The van der Waals surface area contributed by atoms with Crippen LogP contribution in [0.25, 0.3) is 0 Å². The topological polar surface area (TPSA) is 84.7 Å². The molecule has 0 bridgehead atoms. The first-order valence-corrected chi connectivity index (χ1v) is 11.6. The molecule has 1 aromatic heterocycles. The number of fused-ring (bicyclic) bond motifs is 1. The summed E-state index contributed by atoms with van der Waals surface area (Å²) in [6.07, 6.45) is 2.14. The van der Waals surface area contributed by atoms with Gasteiger partial charge in [0.15, 0.2) is 12.3 Å². The molecular formula is C27H31N3O4. The third kappa shape index (κ3) is 5.30. The van der Waals surface area contributed by atoms with Gasteiger partial charge in [0.2, 0.25) is 11.8 Å². The number of hydrogen-bond acceptors (Lipinski definition) is 5. The molecule has 0 saturated heterocycles. The van der Waals surface area contributed by atoms with Crippen LogP contribution in [0.1, 0.15) is 65.4 Å². The van der Waals surface area contributed by atoms with Gasteiger partial charge in [-0.2, -0.15) is 0 Å². The standard InChI is InChI=1S/C27H31N3O4/c1-17(2)14-28-27(32)24-15-34-25(29-24)16-33-22-10-9-20-11-12-30(19(4)31)26(23(20)13-22)21-7-5-18(3)6-8-21/h5-10,13,15,17,26H,11-12,14,16H2,1-4H3,(H,28,32). The number of aromatic nitrogens is 1. The lowest BCUT2D eigenvalue weighted by atomic mass is 9.87. The van der Waals surface area contributed by atoms with Crippen LogP contribution < -0.4 is 10.1 Å². The molecule has 178 valence electrons. The van der Waals surface area contributed by atoms with E-state index in [9.17, 15) is 9.59 Å². The van der Waals surface area contributed by atoms with Crippen molar-refractivity contribution in [2.24, 2.45) is 5.92 Å². The van der Waals surface area contributed by atoms with E-state index >= 15 is 0 Å². The number of benzene rings is 2. The van der Waals surface area contributed by atoms with E-state index in [4.69, 9.17) is 9.15 Å². The quantitative estimate of drug-likeness (QED) is 0.562. The van der Waals surface area contributed by atoms with Crippen molar-refractivity contribution in [3.8, 4) is 5.75 Å². The number of nitrogens with one attached hydrogen (secondary N) is 1. The Kier molecular flexibility index (Phi) is 7.01. The molecule has 0 saturated carbocycles. The van der Waals surface area contributed by atoms with E-state index < -0.39 is 0 Å². The van der Waals surface area contributed by atoms with Crippen LogP contribution in [0.5, 0.6) is 5.75 Å². The van der Waals surface area contributed by atoms with Gasteiger partial charge in [-0.3, -0.25) is 9.59 Å². The van der Waals surface area contributed by atoms with Gasteiger partial charge in [-0.25, -0.2) is 4.98 Å². The average Bonchev–Trinajstić information content (AvgIpc) is 3.30. The molecule has 1 aliphatic rings. The first-order valence-electron chi connectivity index (χ1n) is 11.6. The molecule has 34 heavy (non-hydrogen) atoms. The summed E-state index contributed by atoms with van der Waals surface area (Å²) in [6.45, 7) is 9.08. The summed E-state index contributed by atoms with van der Waals surface area (Å²) in [7, 11) is 0. The van der Waals surface area contributed by atoms with Crippen LogP contribution in [0, 0.1) is 12.8 Å². The number of hydrogen-bond donors (Lipinski definition) is 1. The molecule has 3 aromatic rings. The Labute approximate surface area is 200 Å². The molecular weight excluding hydrogens is 430 g/mol. The number of carbonyl (C=O) groups is 2. The van der Waals surface area contributed by atoms with Crippen molar-refractivity contribution in [3.05, 3.63) is 82.6 Å². The highest BCUT2D eigenvalue weighted by Gasteiger charge is 2.30. The van der Waals surface area contributed by atoms with Crippen LogP contribution in [-0.4, -0.2) is 34.8 Å². The zero-order valence-corrected chi connectivity index (χ0v) is 20.1. The van der Waals surface area contributed by atoms with E-state index in [1.165, 1.54) is 17.4 Å². The summed E-state index contributed by atoms with van der Waals surface area (Å²) in [5.41, 5.74) is 4.75. The molecule has 7 nitrogen and oxygen atoms in total. The van der Waals surface area contributed by atoms with Crippen molar-refractivity contribution in [3.63, 3.8) is 0 Å². The smallest absolute Gasteiger partial charge is 0.273 e. The molecule has 2 heterocycles. The second-order valence-corrected chi connectivity index (χ2v) is 9.16. The molecule has 7 heteroatoms. The minimum Gasteiger partial charge on any atom is -0.484 e. The Morgan fingerprint density at radius 3 is 2.68 bits per heavy atom. The molecule has 1 unspecified atom stereocenters. The van der Waals surface area contributed by atoms with Crippen LogP contribution in [0.3, 0.4) is 0 Å². The maximum atomic E-state index is 12.4. The van der Waals surface area contributed by atoms with Crippen LogP contribution in [0.4, 0.5) is 0 Å². The van der Waals surface area contributed by atoms with Crippen molar-refractivity contribution in [2.75, 3.05) is 13.1 Å². The van der Waals surface area contributed by atoms with Crippen LogP contribution in [-0.2, 0) is 17.8 Å².